The summed E-state index contributed by atoms with van der Waals surface area (Å²) in [6, 6.07) is 0. The molecule has 0 aliphatic rings. The fourth-order valence-electron chi connectivity index (χ4n) is 4.00. The summed E-state index contributed by atoms with van der Waals surface area (Å²) in [5, 5.41) is 19.9. The number of carbonyl (C=O) groups is 2. The van der Waals surface area contributed by atoms with Crippen molar-refractivity contribution in [1.82, 2.24) is 0 Å². The van der Waals surface area contributed by atoms with E-state index in [1.54, 1.807) is 6.08 Å². The first-order valence-electron chi connectivity index (χ1n) is 16.3. The summed E-state index contributed by atoms with van der Waals surface area (Å²) >= 11 is 0. The van der Waals surface area contributed by atoms with Crippen LogP contribution in [0.15, 0.2) is 60.8 Å². The first-order chi connectivity index (χ1) is 20.4. The average molecular weight is 589 g/mol. The number of ether oxygens (including phenoxy) is 2. The Morgan fingerprint density at radius 3 is 1.98 bits per heavy atom. The van der Waals surface area contributed by atoms with Crippen LogP contribution in [0, 0.1) is 5.92 Å². The maximum atomic E-state index is 11.9. The van der Waals surface area contributed by atoms with Crippen LogP contribution in [0.5, 0.6) is 0 Å². The molecular weight excluding hydrogens is 528 g/mol. The number of rotatable bonds is 27. The molecule has 0 heterocycles. The zero-order valence-corrected chi connectivity index (χ0v) is 26.8. The van der Waals surface area contributed by atoms with Crippen LogP contribution in [0.4, 0.5) is 0 Å². The van der Waals surface area contributed by atoms with Crippen molar-refractivity contribution in [2.24, 2.45) is 5.92 Å². The number of hydrogen-bond donors (Lipinski definition) is 2. The van der Waals surface area contributed by atoms with Crippen molar-refractivity contribution in [3.63, 3.8) is 0 Å². The highest BCUT2D eigenvalue weighted by Gasteiger charge is 2.12. The summed E-state index contributed by atoms with van der Waals surface area (Å²) in [5.41, 5.74) is 0. The van der Waals surface area contributed by atoms with E-state index in [4.69, 9.17) is 9.47 Å². The maximum Gasteiger partial charge on any atom is 0.305 e. The lowest BCUT2D eigenvalue weighted by Crippen LogP contribution is -2.25. The van der Waals surface area contributed by atoms with Gasteiger partial charge in [0.2, 0.25) is 0 Å². The van der Waals surface area contributed by atoms with Gasteiger partial charge >= 0.3 is 11.9 Å². The monoisotopic (exact) mass is 588 g/mol. The van der Waals surface area contributed by atoms with Gasteiger partial charge in [-0.25, -0.2) is 0 Å². The van der Waals surface area contributed by atoms with Crippen LogP contribution in [0.25, 0.3) is 0 Å². The molecule has 0 aliphatic heterocycles. The molecule has 0 radical (unpaired) electrons. The van der Waals surface area contributed by atoms with Crippen molar-refractivity contribution < 1.29 is 29.3 Å². The van der Waals surface area contributed by atoms with E-state index in [2.05, 4.69) is 39.0 Å². The van der Waals surface area contributed by atoms with Crippen molar-refractivity contribution in [2.75, 3.05) is 13.2 Å². The lowest BCUT2D eigenvalue weighted by molar-refractivity contribution is -0.152. The van der Waals surface area contributed by atoms with Gasteiger partial charge in [0.05, 0.1) is 6.10 Å². The van der Waals surface area contributed by atoms with Crippen molar-refractivity contribution in [2.45, 2.75) is 136 Å². The predicted molar refractivity (Wildman–Crippen MR) is 174 cm³/mol. The number of aliphatic hydroxyl groups is 2. The molecule has 0 saturated heterocycles. The Hall–Kier alpha value is -2.44. The Morgan fingerprint density at radius 2 is 1.29 bits per heavy atom. The Balaban J connectivity index is 3.70. The molecule has 2 N–H and O–H groups in total. The van der Waals surface area contributed by atoms with E-state index in [9.17, 15) is 19.8 Å². The van der Waals surface area contributed by atoms with Crippen LogP contribution in [0.2, 0.25) is 0 Å². The lowest BCUT2D eigenvalue weighted by atomic mass is 10.00. The van der Waals surface area contributed by atoms with Crippen molar-refractivity contribution >= 4 is 11.9 Å². The zero-order chi connectivity index (χ0) is 31.1. The minimum Gasteiger partial charge on any atom is -0.463 e. The summed E-state index contributed by atoms with van der Waals surface area (Å²) < 4.78 is 10.2. The summed E-state index contributed by atoms with van der Waals surface area (Å²) in [5.74, 6) is 0.137. The number of unbranched alkanes of at least 4 members (excludes halogenated alkanes) is 6. The number of aliphatic hydroxyl groups excluding tert-OH is 2. The number of carbonyl (C=O) groups excluding carboxylic acids is 2. The molecule has 3 atom stereocenters. The van der Waals surface area contributed by atoms with E-state index >= 15 is 0 Å². The molecule has 0 aromatic rings. The highest BCUT2D eigenvalue weighted by Crippen LogP contribution is 2.14. The fourth-order valence-corrected chi connectivity index (χ4v) is 4.00. The molecule has 0 amide bonds. The third kappa shape index (κ3) is 29.1. The van der Waals surface area contributed by atoms with Gasteiger partial charge in [-0.1, -0.05) is 126 Å². The van der Waals surface area contributed by atoms with Crippen LogP contribution in [0.1, 0.15) is 124 Å². The molecular formula is C36H60O6. The van der Waals surface area contributed by atoms with E-state index in [1.807, 2.05) is 36.5 Å². The van der Waals surface area contributed by atoms with Gasteiger partial charge in [-0.05, 0) is 50.9 Å². The number of esters is 2. The smallest absolute Gasteiger partial charge is 0.305 e. The molecule has 42 heavy (non-hydrogen) atoms. The minimum absolute atomic E-state index is 0.153. The van der Waals surface area contributed by atoms with Gasteiger partial charge in [-0.3, -0.25) is 9.59 Å². The first-order valence-corrected chi connectivity index (χ1v) is 16.3. The molecule has 2 unspecified atom stereocenters. The highest BCUT2D eigenvalue weighted by atomic mass is 16.6. The minimum atomic E-state index is -1.00. The predicted octanol–water partition coefficient (Wildman–Crippen LogP) is 8.49. The summed E-state index contributed by atoms with van der Waals surface area (Å²) in [7, 11) is 0. The Labute approximate surface area is 256 Å². The normalized spacial score (nSPS) is 14.5. The second-order valence-corrected chi connectivity index (χ2v) is 11.0. The van der Waals surface area contributed by atoms with Gasteiger partial charge in [-0.15, -0.1) is 0 Å². The van der Waals surface area contributed by atoms with Crippen LogP contribution in [-0.2, 0) is 19.1 Å². The molecule has 0 spiro atoms. The van der Waals surface area contributed by atoms with E-state index in [1.165, 1.54) is 32.1 Å². The zero-order valence-electron chi connectivity index (χ0n) is 26.8. The van der Waals surface area contributed by atoms with Gasteiger partial charge in [-0.2, -0.15) is 0 Å². The topological polar surface area (TPSA) is 93.1 Å². The molecule has 0 aromatic carbocycles. The van der Waals surface area contributed by atoms with E-state index in [0.29, 0.717) is 19.3 Å². The molecule has 0 saturated carbocycles. The fraction of sp³-hybridized carbons (Fsp3) is 0.667. The average Bonchev–Trinajstić information content (AvgIpc) is 2.98. The summed E-state index contributed by atoms with van der Waals surface area (Å²) in [6.45, 7) is 6.33. The lowest BCUT2D eigenvalue weighted by Gasteiger charge is -2.12. The number of hydrogen-bond acceptors (Lipinski definition) is 6. The van der Waals surface area contributed by atoms with Crippen LogP contribution < -0.4 is 0 Å². The van der Waals surface area contributed by atoms with Crippen LogP contribution in [-0.4, -0.2) is 47.6 Å². The SMILES string of the molecule is CC/C=C\C/C=C\CC(O)/C=C/C=C\C/C=C\CCCC(=O)OC[C@@H](O)COC(=O)CCCCCCCCC(C)CC. The maximum absolute atomic E-state index is 11.9. The molecule has 6 nitrogen and oxygen atoms in total. The van der Waals surface area contributed by atoms with E-state index in [-0.39, 0.29) is 31.6 Å². The van der Waals surface area contributed by atoms with Gasteiger partial charge in [0.25, 0.3) is 0 Å². The highest BCUT2D eigenvalue weighted by molar-refractivity contribution is 5.69. The van der Waals surface area contributed by atoms with Gasteiger partial charge < -0.3 is 19.7 Å². The number of allylic oxidation sites excluding steroid dienone is 8. The van der Waals surface area contributed by atoms with Gasteiger partial charge in [0.15, 0.2) is 0 Å². The van der Waals surface area contributed by atoms with Crippen molar-refractivity contribution in [3.8, 4) is 0 Å². The Kier molecular flexibility index (Phi) is 28.3. The molecule has 0 bridgehead atoms. The second-order valence-electron chi connectivity index (χ2n) is 11.0. The molecule has 240 valence electrons. The van der Waals surface area contributed by atoms with E-state index < -0.39 is 12.2 Å². The van der Waals surface area contributed by atoms with Crippen molar-refractivity contribution in [3.05, 3.63) is 60.8 Å². The standard InChI is InChI=1S/C36H60O6/c1-4-6-7-8-16-21-26-33(37)27-22-17-11-9-10-12-18-23-28-35(39)41-30-34(38)31-42-36(40)29-24-19-14-13-15-20-25-32(3)5-2/h6-7,10-12,16-17,21-22,27,32-34,37-38H,4-5,8-9,13-15,18-20,23-26,28-31H2,1-3H3/b7-6-,12-10-,17-11-,21-16-,27-22+/t32?,33?,34-/m1/s1. The quantitative estimate of drug-likeness (QED) is 0.0433. The van der Waals surface area contributed by atoms with Crippen LogP contribution >= 0.6 is 0 Å². The summed E-state index contributed by atoms with van der Waals surface area (Å²) in [6.07, 6.45) is 33.1. The first kappa shape index (κ1) is 39.6. The van der Waals surface area contributed by atoms with E-state index in [0.717, 1.165) is 50.9 Å². The third-order valence-corrected chi connectivity index (χ3v) is 6.89. The van der Waals surface area contributed by atoms with Gasteiger partial charge in [0, 0.05) is 12.8 Å². The molecule has 6 heteroatoms. The molecule has 0 aliphatic carbocycles. The van der Waals surface area contributed by atoms with Crippen molar-refractivity contribution in [1.29, 1.82) is 0 Å². The molecule has 0 fully saturated rings. The molecule has 0 aromatic heterocycles. The molecule has 0 rings (SSSR count). The Morgan fingerprint density at radius 1 is 0.690 bits per heavy atom. The largest absolute Gasteiger partial charge is 0.463 e. The van der Waals surface area contributed by atoms with Gasteiger partial charge in [0.1, 0.15) is 19.3 Å². The second kappa shape index (κ2) is 30.0. The Bertz CT molecular complexity index is 795. The third-order valence-electron chi connectivity index (χ3n) is 6.89. The van der Waals surface area contributed by atoms with Crippen LogP contribution in [0.3, 0.4) is 0 Å². The summed E-state index contributed by atoms with van der Waals surface area (Å²) in [4.78, 5) is 23.7.